The Morgan fingerprint density at radius 3 is 3.15 bits per heavy atom. The van der Waals surface area contributed by atoms with Gasteiger partial charge < -0.3 is 14.8 Å². The number of hydrogen-bond acceptors (Lipinski definition) is 4. The molecule has 20 heavy (non-hydrogen) atoms. The Labute approximate surface area is 126 Å². The van der Waals surface area contributed by atoms with Gasteiger partial charge in [-0.2, -0.15) is 0 Å². The van der Waals surface area contributed by atoms with Crippen LogP contribution in [0.1, 0.15) is 12.2 Å². The zero-order chi connectivity index (χ0) is 14.1. The molecular weight excluding hydrogens is 322 g/mol. The van der Waals surface area contributed by atoms with Crippen LogP contribution in [-0.2, 0) is 11.3 Å². The number of aliphatic hydroxyl groups is 1. The molecule has 2 aromatic rings. The number of fused-ring (bicyclic) bond motifs is 1. The van der Waals surface area contributed by atoms with Gasteiger partial charge in [0.1, 0.15) is 5.82 Å². The van der Waals surface area contributed by atoms with Crippen molar-refractivity contribution in [1.82, 2.24) is 14.9 Å². The molecule has 5 nitrogen and oxygen atoms in total. The third-order valence-electron chi connectivity index (χ3n) is 3.88. The molecule has 6 heteroatoms. The van der Waals surface area contributed by atoms with Crippen molar-refractivity contribution < 1.29 is 9.84 Å². The SMILES string of the molecule is CO[C@@H]1C[C@@H](CO)N(Cc2nc3ccc(Br)cc3[nH]2)C1. The lowest BCUT2D eigenvalue weighted by molar-refractivity contribution is 0.106. The zero-order valence-electron chi connectivity index (χ0n) is 11.3. The molecule has 2 N–H and O–H groups in total. The van der Waals surface area contributed by atoms with Crippen LogP contribution in [-0.4, -0.2) is 52.4 Å². The zero-order valence-corrected chi connectivity index (χ0v) is 12.9. The lowest BCUT2D eigenvalue weighted by Gasteiger charge is -2.20. The van der Waals surface area contributed by atoms with Crippen LogP contribution in [0.25, 0.3) is 11.0 Å². The number of halogens is 1. The maximum absolute atomic E-state index is 9.47. The van der Waals surface area contributed by atoms with Crippen molar-refractivity contribution >= 4 is 27.0 Å². The third-order valence-corrected chi connectivity index (χ3v) is 4.37. The summed E-state index contributed by atoms with van der Waals surface area (Å²) in [6.07, 6.45) is 1.07. The standard InChI is InChI=1S/C14H18BrN3O2/c1-20-11-5-10(8-19)18(6-11)7-14-16-12-3-2-9(15)4-13(12)17-14/h2-4,10-11,19H,5-8H2,1H3,(H,16,17)/t10-,11+/m0/s1. The van der Waals surface area contributed by atoms with Crippen LogP contribution in [0, 0.1) is 0 Å². The van der Waals surface area contributed by atoms with E-state index in [4.69, 9.17) is 4.74 Å². The Balaban J connectivity index is 1.78. The van der Waals surface area contributed by atoms with Gasteiger partial charge in [0.05, 0.1) is 30.3 Å². The highest BCUT2D eigenvalue weighted by molar-refractivity contribution is 9.10. The van der Waals surface area contributed by atoms with Crippen LogP contribution in [0.5, 0.6) is 0 Å². The number of aromatic nitrogens is 2. The number of H-pyrrole nitrogens is 1. The molecular formula is C14H18BrN3O2. The van der Waals surface area contributed by atoms with Crippen molar-refractivity contribution in [3.8, 4) is 0 Å². The molecule has 2 atom stereocenters. The minimum atomic E-state index is 0.153. The predicted molar refractivity (Wildman–Crippen MR) is 80.5 cm³/mol. The molecule has 3 rings (SSSR count). The molecule has 0 radical (unpaired) electrons. The smallest absolute Gasteiger partial charge is 0.121 e. The first-order chi connectivity index (χ1) is 9.69. The number of ether oxygens (including phenoxy) is 1. The molecule has 0 amide bonds. The van der Waals surface area contributed by atoms with Crippen LogP contribution in [0.4, 0.5) is 0 Å². The second kappa shape index (κ2) is 5.81. The van der Waals surface area contributed by atoms with E-state index >= 15 is 0 Å². The van der Waals surface area contributed by atoms with Crippen molar-refractivity contribution in [2.45, 2.75) is 25.1 Å². The minimum Gasteiger partial charge on any atom is -0.395 e. The summed E-state index contributed by atoms with van der Waals surface area (Å²) in [7, 11) is 1.72. The second-order valence-corrected chi connectivity index (χ2v) is 6.12. The maximum Gasteiger partial charge on any atom is 0.121 e. The molecule has 1 aliphatic heterocycles. The summed E-state index contributed by atoms with van der Waals surface area (Å²) in [5.74, 6) is 0.924. The number of nitrogens with zero attached hydrogens (tertiary/aromatic N) is 2. The fourth-order valence-corrected chi connectivity index (χ4v) is 3.16. The van der Waals surface area contributed by atoms with Gasteiger partial charge in [-0.3, -0.25) is 4.90 Å². The third kappa shape index (κ3) is 2.74. The number of nitrogens with one attached hydrogen (secondary N) is 1. The Hall–Kier alpha value is -0.950. The lowest BCUT2D eigenvalue weighted by Crippen LogP contribution is -2.32. The van der Waals surface area contributed by atoms with E-state index in [0.717, 1.165) is 34.3 Å². The highest BCUT2D eigenvalue weighted by Gasteiger charge is 2.31. The van der Waals surface area contributed by atoms with E-state index in [9.17, 15) is 5.11 Å². The van der Waals surface area contributed by atoms with Gasteiger partial charge >= 0.3 is 0 Å². The van der Waals surface area contributed by atoms with Gasteiger partial charge in [0, 0.05) is 24.2 Å². The molecule has 0 bridgehead atoms. The first-order valence-corrected chi connectivity index (χ1v) is 7.50. The largest absolute Gasteiger partial charge is 0.395 e. The van der Waals surface area contributed by atoms with Gasteiger partial charge in [-0.25, -0.2) is 4.98 Å². The van der Waals surface area contributed by atoms with Gasteiger partial charge in [0.15, 0.2) is 0 Å². The number of imidazole rings is 1. The second-order valence-electron chi connectivity index (χ2n) is 5.20. The summed E-state index contributed by atoms with van der Waals surface area (Å²) in [4.78, 5) is 10.2. The van der Waals surface area contributed by atoms with Crippen LogP contribution in [0.3, 0.4) is 0 Å². The van der Waals surface area contributed by atoms with Crippen LogP contribution in [0.15, 0.2) is 22.7 Å². The van der Waals surface area contributed by atoms with E-state index < -0.39 is 0 Å². The quantitative estimate of drug-likeness (QED) is 0.893. The normalized spacial score (nSPS) is 23.8. The van der Waals surface area contributed by atoms with E-state index in [-0.39, 0.29) is 18.8 Å². The number of rotatable bonds is 4. The summed E-state index contributed by atoms with van der Waals surface area (Å²) in [5, 5.41) is 9.47. The average molecular weight is 340 g/mol. The van der Waals surface area contributed by atoms with Crippen molar-refractivity contribution in [1.29, 1.82) is 0 Å². The van der Waals surface area contributed by atoms with Gasteiger partial charge in [0.25, 0.3) is 0 Å². The molecule has 1 aromatic carbocycles. The fraction of sp³-hybridized carbons (Fsp3) is 0.500. The predicted octanol–water partition coefficient (Wildman–Crippen LogP) is 1.91. The van der Waals surface area contributed by atoms with Crippen molar-refractivity contribution in [2.24, 2.45) is 0 Å². The molecule has 0 saturated carbocycles. The summed E-state index contributed by atoms with van der Waals surface area (Å²) < 4.78 is 6.43. The van der Waals surface area contributed by atoms with Crippen LogP contribution < -0.4 is 0 Å². The number of aliphatic hydroxyl groups excluding tert-OH is 1. The highest BCUT2D eigenvalue weighted by atomic mass is 79.9. The molecule has 2 heterocycles. The first kappa shape index (κ1) is 14.0. The van der Waals surface area contributed by atoms with Gasteiger partial charge in [0.2, 0.25) is 0 Å². The van der Waals surface area contributed by atoms with Crippen LogP contribution >= 0.6 is 15.9 Å². The number of methoxy groups -OCH3 is 1. The van der Waals surface area contributed by atoms with Gasteiger partial charge in [-0.05, 0) is 24.6 Å². The van der Waals surface area contributed by atoms with E-state index in [1.54, 1.807) is 7.11 Å². The first-order valence-electron chi connectivity index (χ1n) is 6.71. The van der Waals surface area contributed by atoms with Crippen molar-refractivity contribution in [3.05, 3.63) is 28.5 Å². The monoisotopic (exact) mass is 339 g/mol. The summed E-state index contributed by atoms with van der Waals surface area (Å²) in [6.45, 7) is 1.70. The van der Waals surface area contributed by atoms with E-state index in [2.05, 4.69) is 30.8 Å². The van der Waals surface area contributed by atoms with E-state index in [1.165, 1.54) is 0 Å². The Kier molecular flexibility index (Phi) is 4.07. The lowest BCUT2D eigenvalue weighted by atomic mass is 10.2. The molecule has 108 valence electrons. The van der Waals surface area contributed by atoms with E-state index in [1.807, 2.05) is 18.2 Å². The number of benzene rings is 1. The van der Waals surface area contributed by atoms with E-state index in [0.29, 0.717) is 6.54 Å². The highest BCUT2D eigenvalue weighted by Crippen LogP contribution is 2.23. The molecule has 1 aliphatic rings. The Morgan fingerprint density at radius 2 is 2.40 bits per heavy atom. The minimum absolute atomic E-state index is 0.153. The Bertz CT molecular complexity index is 601. The molecule has 0 spiro atoms. The molecule has 1 fully saturated rings. The van der Waals surface area contributed by atoms with Gasteiger partial charge in [-0.15, -0.1) is 0 Å². The molecule has 0 unspecified atom stereocenters. The van der Waals surface area contributed by atoms with Crippen molar-refractivity contribution in [3.63, 3.8) is 0 Å². The number of aromatic amines is 1. The Morgan fingerprint density at radius 1 is 1.55 bits per heavy atom. The number of likely N-dealkylation sites (tertiary alicyclic amines) is 1. The van der Waals surface area contributed by atoms with Crippen molar-refractivity contribution in [2.75, 3.05) is 20.3 Å². The fourth-order valence-electron chi connectivity index (χ4n) is 2.79. The average Bonchev–Trinajstić information content (AvgIpc) is 3.01. The number of hydrogen-bond donors (Lipinski definition) is 2. The maximum atomic E-state index is 9.47. The van der Waals surface area contributed by atoms with Crippen LogP contribution in [0.2, 0.25) is 0 Å². The summed E-state index contributed by atoms with van der Waals surface area (Å²) >= 11 is 3.46. The molecule has 1 aromatic heterocycles. The summed E-state index contributed by atoms with van der Waals surface area (Å²) in [5.41, 5.74) is 1.99. The van der Waals surface area contributed by atoms with Gasteiger partial charge in [-0.1, -0.05) is 15.9 Å². The molecule has 1 saturated heterocycles. The molecule has 0 aliphatic carbocycles. The topological polar surface area (TPSA) is 61.4 Å². The summed E-state index contributed by atoms with van der Waals surface area (Å²) in [6, 6.07) is 6.16.